The van der Waals surface area contributed by atoms with Crippen LogP contribution in [0.3, 0.4) is 0 Å². The first kappa shape index (κ1) is 34.9. The van der Waals surface area contributed by atoms with Crippen LogP contribution in [0.25, 0.3) is 0 Å². The van der Waals surface area contributed by atoms with Gasteiger partial charge >= 0.3 is 5.97 Å². The van der Waals surface area contributed by atoms with Gasteiger partial charge in [0.15, 0.2) is 11.6 Å². The molecule has 1 heterocycles. The van der Waals surface area contributed by atoms with E-state index in [1.165, 1.54) is 0 Å². The Bertz CT molecular complexity index is 1490. The van der Waals surface area contributed by atoms with Gasteiger partial charge in [0, 0.05) is 36.0 Å². The average molecular weight is 697 g/mol. The van der Waals surface area contributed by atoms with Crippen LogP contribution in [0.15, 0.2) is 82.3 Å². The summed E-state index contributed by atoms with van der Waals surface area (Å²) in [6.45, 7) is 6.28. The standard InChI is InChI=1S/C35H42BrN3O7/c1-34(2,3)46-30(41)17-19-35(33(42)39-37-20-18-24-7-5-8-29(23-24)43-4)31(25-9-13-27(36)14-10-25)45-32(38-35)26-11-15-28(16-12-26)44-22-6-21-40/h5,7-16,23,31,37,40H,6,17-22H2,1-4H3,(H,39,42)/t31-,35-/m0/s1. The first-order valence-corrected chi connectivity index (χ1v) is 16.1. The summed E-state index contributed by atoms with van der Waals surface area (Å²) in [5, 5.41) is 9.05. The van der Waals surface area contributed by atoms with E-state index in [4.69, 9.17) is 29.0 Å². The number of aliphatic imine (C=N–C) groups is 1. The second-order valence-corrected chi connectivity index (χ2v) is 12.8. The molecule has 3 N–H and O–H groups in total. The number of hydrazine groups is 1. The van der Waals surface area contributed by atoms with Crippen molar-refractivity contribution in [2.24, 2.45) is 4.99 Å². The molecule has 246 valence electrons. The maximum absolute atomic E-state index is 14.2. The molecular formula is C35H42BrN3O7. The third kappa shape index (κ3) is 9.54. The summed E-state index contributed by atoms with van der Waals surface area (Å²) in [7, 11) is 1.62. The van der Waals surface area contributed by atoms with E-state index >= 15 is 0 Å². The minimum Gasteiger partial charge on any atom is -0.497 e. The Balaban J connectivity index is 1.63. The van der Waals surface area contributed by atoms with Crippen molar-refractivity contribution < 1.29 is 33.6 Å². The number of carbonyl (C=O) groups excluding carboxylic acids is 2. The van der Waals surface area contributed by atoms with Crippen LogP contribution in [0.2, 0.25) is 0 Å². The number of carbonyl (C=O) groups is 2. The summed E-state index contributed by atoms with van der Waals surface area (Å²) in [5.41, 5.74) is 6.13. The Morgan fingerprint density at radius 3 is 2.46 bits per heavy atom. The van der Waals surface area contributed by atoms with Crippen LogP contribution in [0, 0.1) is 0 Å². The quantitative estimate of drug-likeness (QED) is 0.109. The van der Waals surface area contributed by atoms with Crippen molar-refractivity contribution in [2.45, 2.75) is 63.7 Å². The number of methoxy groups -OCH3 is 1. The fraction of sp³-hybridized carbons (Fsp3) is 0.400. The topological polar surface area (TPSA) is 128 Å². The maximum Gasteiger partial charge on any atom is 0.306 e. The normalized spacial score (nSPS) is 17.5. The number of halogens is 1. The van der Waals surface area contributed by atoms with Crippen LogP contribution >= 0.6 is 15.9 Å². The van der Waals surface area contributed by atoms with Crippen molar-refractivity contribution in [3.05, 3.63) is 94.0 Å². The summed E-state index contributed by atoms with van der Waals surface area (Å²) in [6.07, 6.45) is 0.307. The molecule has 0 bridgehead atoms. The first-order valence-electron chi connectivity index (χ1n) is 15.3. The first-order chi connectivity index (χ1) is 22.0. The second kappa shape index (κ2) is 16.1. The number of rotatable bonds is 15. The molecule has 0 aliphatic carbocycles. The minimum absolute atomic E-state index is 0.0396. The van der Waals surface area contributed by atoms with Gasteiger partial charge in [0.1, 0.15) is 17.1 Å². The van der Waals surface area contributed by atoms with E-state index in [9.17, 15) is 9.59 Å². The summed E-state index contributed by atoms with van der Waals surface area (Å²) in [5.74, 6) is 0.788. The van der Waals surface area contributed by atoms with E-state index in [1.54, 1.807) is 52.1 Å². The highest BCUT2D eigenvalue weighted by molar-refractivity contribution is 9.10. The van der Waals surface area contributed by atoms with Crippen LogP contribution in [0.5, 0.6) is 11.5 Å². The van der Waals surface area contributed by atoms with Gasteiger partial charge in [0.2, 0.25) is 5.90 Å². The number of aliphatic hydroxyl groups excluding tert-OH is 1. The van der Waals surface area contributed by atoms with Gasteiger partial charge in [-0.3, -0.25) is 15.0 Å². The van der Waals surface area contributed by atoms with Crippen LogP contribution < -0.4 is 20.3 Å². The predicted molar refractivity (Wildman–Crippen MR) is 179 cm³/mol. The molecule has 4 rings (SSSR count). The van der Waals surface area contributed by atoms with Gasteiger partial charge in [0.05, 0.1) is 13.7 Å². The number of ether oxygens (including phenoxy) is 4. The Kier molecular flexibility index (Phi) is 12.2. The predicted octanol–water partition coefficient (Wildman–Crippen LogP) is 5.46. The lowest BCUT2D eigenvalue weighted by Crippen LogP contribution is -2.53. The Morgan fingerprint density at radius 2 is 1.78 bits per heavy atom. The van der Waals surface area contributed by atoms with Crippen molar-refractivity contribution in [2.75, 3.05) is 26.9 Å². The minimum atomic E-state index is -1.50. The van der Waals surface area contributed by atoms with Crippen LogP contribution in [-0.4, -0.2) is 60.9 Å². The van der Waals surface area contributed by atoms with Gasteiger partial charge in [-0.25, -0.2) is 10.4 Å². The third-order valence-electron chi connectivity index (χ3n) is 7.21. The SMILES string of the molecule is COc1cccc(CCNNC(=O)[C@@]2(CCC(=O)OC(C)(C)C)N=C(c3ccc(OCCCO)cc3)O[C@H]2c2ccc(Br)cc2)c1. The molecule has 46 heavy (non-hydrogen) atoms. The van der Waals surface area contributed by atoms with Gasteiger partial charge < -0.3 is 24.1 Å². The third-order valence-corrected chi connectivity index (χ3v) is 7.74. The monoisotopic (exact) mass is 695 g/mol. The largest absolute Gasteiger partial charge is 0.497 e. The number of nitrogens with one attached hydrogen (secondary N) is 2. The van der Waals surface area contributed by atoms with Gasteiger partial charge in [0.25, 0.3) is 5.91 Å². The fourth-order valence-electron chi connectivity index (χ4n) is 4.98. The smallest absolute Gasteiger partial charge is 0.306 e. The van der Waals surface area contributed by atoms with E-state index in [0.29, 0.717) is 37.3 Å². The summed E-state index contributed by atoms with van der Waals surface area (Å²) >= 11 is 3.48. The molecule has 1 aliphatic rings. The second-order valence-electron chi connectivity index (χ2n) is 11.9. The average Bonchev–Trinajstić information content (AvgIpc) is 3.43. The van der Waals surface area contributed by atoms with Crippen molar-refractivity contribution in [3.8, 4) is 11.5 Å². The summed E-state index contributed by atoms with van der Waals surface area (Å²) < 4.78 is 23.9. The molecule has 1 aliphatic heterocycles. The highest BCUT2D eigenvalue weighted by Gasteiger charge is 2.53. The number of esters is 1. The number of aliphatic hydroxyl groups is 1. The van der Waals surface area contributed by atoms with Crippen LogP contribution in [0.4, 0.5) is 0 Å². The number of nitrogens with zero attached hydrogens (tertiary/aromatic N) is 1. The van der Waals surface area contributed by atoms with Gasteiger partial charge in [-0.2, -0.15) is 0 Å². The van der Waals surface area contributed by atoms with Gasteiger partial charge in [-0.05, 0) is 93.3 Å². The molecule has 0 saturated carbocycles. The van der Waals surface area contributed by atoms with Gasteiger partial charge in [-0.1, -0.05) is 40.2 Å². The number of hydrogen-bond donors (Lipinski definition) is 3. The molecule has 11 heteroatoms. The lowest BCUT2D eigenvalue weighted by atomic mass is 9.83. The molecule has 0 fully saturated rings. The zero-order valence-corrected chi connectivity index (χ0v) is 28.3. The molecule has 0 radical (unpaired) electrons. The van der Waals surface area contributed by atoms with Crippen molar-refractivity contribution in [1.29, 1.82) is 0 Å². The lowest BCUT2D eigenvalue weighted by molar-refractivity contribution is -0.155. The number of benzene rings is 3. The van der Waals surface area contributed by atoms with Crippen LogP contribution in [-0.2, 0) is 25.5 Å². The Hall–Kier alpha value is -3.93. The molecule has 0 saturated heterocycles. The van der Waals surface area contributed by atoms with Crippen molar-refractivity contribution in [1.82, 2.24) is 10.9 Å². The molecule has 0 spiro atoms. The van der Waals surface area contributed by atoms with Crippen molar-refractivity contribution >= 4 is 33.7 Å². The molecule has 2 atom stereocenters. The van der Waals surface area contributed by atoms with Crippen LogP contribution in [0.1, 0.15) is 62.8 Å². The highest BCUT2D eigenvalue weighted by Crippen LogP contribution is 2.43. The Labute approximate surface area is 278 Å². The number of hydrogen-bond acceptors (Lipinski definition) is 9. The molecular weight excluding hydrogens is 654 g/mol. The van der Waals surface area contributed by atoms with Crippen molar-refractivity contribution in [3.63, 3.8) is 0 Å². The van der Waals surface area contributed by atoms with E-state index in [1.807, 2.05) is 48.5 Å². The van der Waals surface area contributed by atoms with Gasteiger partial charge in [-0.15, -0.1) is 0 Å². The molecule has 0 aromatic heterocycles. The van der Waals surface area contributed by atoms with E-state index in [2.05, 4.69) is 26.8 Å². The Morgan fingerprint density at radius 1 is 1.04 bits per heavy atom. The number of amides is 1. The molecule has 3 aromatic carbocycles. The summed E-state index contributed by atoms with van der Waals surface area (Å²) in [4.78, 5) is 32.1. The lowest BCUT2D eigenvalue weighted by Gasteiger charge is -2.31. The molecule has 3 aromatic rings. The molecule has 0 unspecified atom stereocenters. The van der Waals surface area contributed by atoms with E-state index in [-0.39, 0.29) is 25.3 Å². The molecule has 10 nitrogen and oxygen atoms in total. The summed E-state index contributed by atoms with van der Waals surface area (Å²) in [6, 6.07) is 22.4. The zero-order chi connectivity index (χ0) is 33.2. The maximum atomic E-state index is 14.2. The fourth-order valence-corrected chi connectivity index (χ4v) is 5.24. The van der Waals surface area contributed by atoms with E-state index in [0.717, 1.165) is 21.3 Å². The highest BCUT2D eigenvalue weighted by atomic mass is 79.9. The van der Waals surface area contributed by atoms with E-state index < -0.39 is 29.1 Å². The zero-order valence-electron chi connectivity index (χ0n) is 26.7. The molecule has 1 amide bonds.